The van der Waals surface area contributed by atoms with Crippen LogP contribution in [-0.2, 0) is 13.6 Å². The highest BCUT2D eigenvalue weighted by Gasteiger charge is 2.13. The van der Waals surface area contributed by atoms with Crippen LogP contribution in [0, 0.1) is 6.92 Å². The average Bonchev–Trinajstić information content (AvgIpc) is 2.50. The molecule has 0 saturated heterocycles. The van der Waals surface area contributed by atoms with Crippen molar-refractivity contribution < 1.29 is 0 Å². The summed E-state index contributed by atoms with van der Waals surface area (Å²) in [4.78, 5) is 2.32. The van der Waals surface area contributed by atoms with E-state index in [0.29, 0.717) is 5.88 Å². The molecule has 5 heteroatoms. The van der Waals surface area contributed by atoms with Crippen LogP contribution in [0.2, 0.25) is 5.02 Å². The molecule has 0 aromatic carbocycles. The second-order valence-corrected chi connectivity index (χ2v) is 4.64. The molecule has 0 amide bonds. The minimum atomic E-state index is 0.703. The van der Waals surface area contributed by atoms with Crippen molar-refractivity contribution in [2.45, 2.75) is 26.8 Å². The number of aromatic nitrogens is 2. The molecule has 16 heavy (non-hydrogen) atoms. The van der Waals surface area contributed by atoms with Gasteiger partial charge in [0.1, 0.15) is 0 Å². The van der Waals surface area contributed by atoms with Crippen molar-refractivity contribution in [3.05, 3.63) is 16.4 Å². The Labute approximate surface area is 107 Å². The van der Waals surface area contributed by atoms with Crippen LogP contribution < -0.4 is 0 Å². The Balaban J connectivity index is 2.69. The summed E-state index contributed by atoms with van der Waals surface area (Å²) in [6, 6.07) is 0. The quantitative estimate of drug-likeness (QED) is 0.737. The Morgan fingerprint density at radius 2 is 2.12 bits per heavy atom. The van der Waals surface area contributed by atoms with Gasteiger partial charge in [0.05, 0.1) is 16.4 Å². The minimum Gasteiger partial charge on any atom is -0.298 e. The van der Waals surface area contributed by atoms with Gasteiger partial charge in [0.25, 0.3) is 0 Å². The molecule has 0 unspecified atom stereocenters. The number of hydrogen-bond donors (Lipinski definition) is 0. The van der Waals surface area contributed by atoms with Gasteiger partial charge in [-0.2, -0.15) is 5.10 Å². The van der Waals surface area contributed by atoms with Crippen molar-refractivity contribution >= 4 is 23.2 Å². The summed E-state index contributed by atoms with van der Waals surface area (Å²) in [5.41, 5.74) is 1.98. The van der Waals surface area contributed by atoms with Crippen molar-refractivity contribution in [1.29, 1.82) is 0 Å². The fraction of sp³-hybridized carbons (Fsp3) is 0.727. The van der Waals surface area contributed by atoms with Crippen LogP contribution in [0.3, 0.4) is 0 Å². The van der Waals surface area contributed by atoms with Gasteiger partial charge in [0.2, 0.25) is 0 Å². The van der Waals surface area contributed by atoms with Crippen molar-refractivity contribution in [1.82, 2.24) is 14.7 Å². The zero-order chi connectivity index (χ0) is 12.1. The summed E-state index contributed by atoms with van der Waals surface area (Å²) in [5.74, 6) is 0.703. The molecule has 1 heterocycles. The number of rotatable bonds is 6. The van der Waals surface area contributed by atoms with E-state index in [9.17, 15) is 0 Å². The Bertz CT molecular complexity index is 336. The molecular formula is C11H19Cl2N3. The van der Waals surface area contributed by atoms with Gasteiger partial charge in [0, 0.05) is 19.5 Å². The Hall–Kier alpha value is -0.250. The molecule has 0 fully saturated rings. The van der Waals surface area contributed by atoms with Crippen molar-refractivity contribution in [3.8, 4) is 0 Å². The molecular weight excluding hydrogens is 245 g/mol. The number of nitrogens with zero attached hydrogens (tertiary/aromatic N) is 3. The standard InChI is InChI=1S/C11H19Cl2N3/c1-4-16(7-5-6-12)8-10-11(13)9(2)14-15(10)3/h4-8H2,1-3H3. The van der Waals surface area contributed by atoms with E-state index in [1.807, 2.05) is 18.7 Å². The summed E-state index contributed by atoms with van der Waals surface area (Å²) in [6.45, 7) is 6.91. The van der Waals surface area contributed by atoms with Crippen LogP contribution in [0.15, 0.2) is 0 Å². The van der Waals surface area contributed by atoms with Crippen LogP contribution in [0.1, 0.15) is 24.7 Å². The van der Waals surface area contributed by atoms with Crippen molar-refractivity contribution in [2.24, 2.45) is 7.05 Å². The van der Waals surface area contributed by atoms with Gasteiger partial charge >= 0.3 is 0 Å². The topological polar surface area (TPSA) is 21.1 Å². The summed E-state index contributed by atoms with van der Waals surface area (Å²) in [7, 11) is 1.93. The largest absolute Gasteiger partial charge is 0.298 e. The minimum absolute atomic E-state index is 0.703. The summed E-state index contributed by atoms with van der Waals surface area (Å²) in [5, 5.41) is 5.09. The normalized spacial score (nSPS) is 11.4. The van der Waals surface area contributed by atoms with E-state index in [0.717, 1.165) is 42.5 Å². The van der Waals surface area contributed by atoms with Gasteiger partial charge in [0.15, 0.2) is 0 Å². The average molecular weight is 264 g/mol. The molecule has 0 aliphatic rings. The van der Waals surface area contributed by atoms with E-state index in [1.54, 1.807) is 0 Å². The lowest BCUT2D eigenvalue weighted by molar-refractivity contribution is 0.273. The molecule has 1 aromatic rings. The Morgan fingerprint density at radius 3 is 2.56 bits per heavy atom. The number of alkyl halides is 1. The number of halogens is 2. The first kappa shape index (κ1) is 13.8. The number of aryl methyl sites for hydroxylation is 2. The maximum Gasteiger partial charge on any atom is 0.0860 e. The third-order valence-electron chi connectivity index (χ3n) is 2.69. The van der Waals surface area contributed by atoms with Crippen LogP contribution in [-0.4, -0.2) is 33.6 Å². The lowest BCUT2D eigenvalue weighted by atomic mass is 10.3. The first-order chi connectivity index (χ1) is 7.60. The molecule has 92 valence electrons. The molecule has 0 atom stereocenters. The van der Waals surface area contributed by atoms with Gasteiger partial charge in [-0.05, 0) is 26.4 Å². The summed E-state index contributed by atoms with van der Waals surface area (Å²) >= 11 is 11.9. The molecule has 3 nitrogen and oxygen atoms in total. The summed E-state index contributed by atoms with van der Waals surface area (Å²) in [6.07, 6.45) is 1.00. The maximum atomic E-state index is 6.21. The van der Waals surface area contributed by atoms with E-state index in [-0.39, 0.29) is 0 Å². The van der Waals surface area contributed by atoms with Gasteiger partial charge in [-0.3, -0.25) is 9.58 Å². The van der Waals surface area contributed by atoms with E-state index in [2.05, 4.69) is 16.9 Å². The maximum absolute atomic E-state index is 6.21. The van der Waals surface area contributed by atoms with Crippen LogP contribution in [0.5, 0.6) is 0 Å². The monoisotopic (exact) mass is 263 g/mol. The molecule has 0 aliphatic heterocycles. The van der Waals surface area contributed by atoms with E-state index in [1.165, 1.54) is 0 Å². The van der Waals surface area contributed by atoms with E-state index in [4.69, 9.17) is 23.2 Å². The lowest BCUT2D eigenvalue weighted by Crippen LogP contribution is -2.25. The molecule has 0 aliphatic carbocycles. The fourth-order valence-corrected chi connectivity index (χ4v) is 2.04. The SMILES string of the molecule is CCN(CCCCl)Cc1c(Cl)c(C)nn1C. The first-order valence-corrected chi connectivity index (χ1v) is 6.47. The Kier molecular flexibility index (Phi) is 5.59. The third-order valence-corrected chi connectivity index (χ3v) is 3.45. The van der Waals surface area contributed by atoms with Gasteiger partial charge in [-0.15, -0.1) is 11.6 Å². The predicted octanol–water partition coefficient (Wildman–Crippen LogP) is 2.83. The highest BCUT2D eigenvalue weighted by molar-refractivity contribution is 6.31. The fourth-order valence-electron chi connectivity index (χ4n) is 1.70. The first-order valence-electron chi connectivity index (χ1n) is 5.56. The van der Waals surface area contributed by atoms with Crippen molar-refractivity contribution in [2.75, 3.05) is 19.0 Å². The molecule has 0 bridgehead atoms. The predicted molar refractivity (Wildman–Crippen MR) is 69.2 cm³/mol. The zero-order valence-corrected chi connectivity index (χ0v) is 11.6. The zero-order valence-electron chi connectivity index (χ0n) is 10.1. The third kappa shape index (κ3) is 3.37. The smallest absolute Gasteiger partial charge is 0.0860 e. The second-order valence-electron chi connectivity index (χ2n) is 3.88. The molecule has 1 rings (SSSR count). The van der Waals surface area contributed by atoms with Crippen molar-refractivity contribution in [3.63, 3.8) is 0 Å². The Morgan fingerprint density at radius 1 is 1.44 bits per heavy atom. The molecule has 1 aromatic heterocycles. The highest BCUT2D eigenvalue weighted by Crippen LogP contribution is 2.20. The van der Waals surface area contributed by atoms with Gasteiger partial charge in [-0.1, -0.05) is 18.5 Å². The van der Waals surface area contributed by atoms with Crippen LogP contribution in [0.4, 0.5) is 0 Å². The highest BCUT2D eigenvalue weighted by atomic mass is 35.5. The molecule has 0 spiro atoms. The van der Waals surface area contributed by atoms with Crippen LogP contribution in [0.25, 0.3) is 0 Å². The molecule has 0 saturated carbocycles. The van der Waals surface area contributed by atoms with Crippen LogP contribution >= 0.6 is 23.2 Å². The molecule has 0 N–H and O–H groups in total. The summed E-state index contributed by atoms with van der Waals surface area (Å²) < 4.78 is 1.86. The lowest BCUT2D eigenvalue weighted by Gasteiger charge is -2.19. The second kappa shape index (κ2) is 6.48. The van der Waals surface area contributed by atoms with Gasteiger partial charge in [-0.25, -0.2) is 0 Å². The molecule has 0 radical (unpaired) electrons. The number of hydrogen-bond acceptors (Lipinski definition) is 2. The van der Waals surface area contributed by atoms with Gasteiger partial charge < -0.3 is 0 Å². The van der Waals surface area contributed by atoms with E-state index < -0.39 is 0 Å². The van der Waals surface area contributed by atoms with E-state index >= 15 is 0 Å².